The molecule has 102 valence electrons. The summed E-state index contributed by atoms with van der Waals surface area (Å²) in [6.45, 7) is 4.02. The van der Waals surface area contributed by atoms with Crippen LogP contribution in [-0.4, -0.2) is 19.6 Å². The lowest BCUT2D eigenvalue weighted by molar-refractivity contribution is -0.127. The lowest BCUT2D eigenvalue weighted by atomic mass is 9.88. The molecule has 1 atom stereocenters. The predicted octanol–water partition coefficient (Wildman–Crippen LogP) is 2.29. The van der Waals surface area contributed by atoms with E-state index in [9.17, 15) is 4.79 Å². The minimum absolute atomic E-state index is 0.208. The quantitative estimate of drug-likeness (QED) is 0.853. The van der Waals surface area contributed by atoms with E-state index >= 15 is 0 Å². The van der Waals surface area contributed by atoms with Crippen molar-refractivity contribution in [3.05, 3.63) is 29.8 Å². The van der Waals surface area contributed by atoms with E-state index in [0.29, 0.717) is 19.4 Å². The Bertz CT molecular complexity index is 479. The number of amides is 1. The molecule has 0 aliphatic carbocycles. The van der Waals surface area contributed by atoms with Crippen molar-refractivity contribution in [2.75, 3.05) is 13.7 Å². The SMILES string of the molecule is CCC(C)(C#N)C(=O)NCCc1cccc(OC)c1. The van der Waals surface area contributed by atoms with Gasteiger partial charge in [-0.25, -0.2) is 0 Å². The highest BCUT2D eigenvalue weighted by Crippen LogP contribution is 2.19. The van der Waals surface area contributed by atoms with E-state index in [2.05, 4.69) is 11.4 Å². The van der Waals surface area contributed by atoms with Gasteiger partial charge in [0.1, 0.15) is 11.2 Å². The molecule has 1 N–H and O–H groups in total. The second-order valence-electron chi connectivity index (χ2n) is 4.65. The summed E-state index contributed by atoms with van der Waals surface area (Å²) >= 11 is 0. The average Bonchev–Trinajstić information content (AvgIpc) is 2.46. The fourth-order valence-electron chi connectivity index (χ4n) is 1.63. The molecule has 0 bridgehead atoms. The van der Waals surface area contributed by atoms with Gasteiger partial charge in [0, 0.05) is 6.54 Å². The lowest BCUT2D eigenvalue weighted by Gasteiger charge is -2.18. The van der Waals surface area contributed by atoms with Crippen molar-refractivity contribution < 1.29 is 9.53 Å². The zero-order chi connectivity index (χ0) is 14.3. The molecule has 0 fully saturated rings. The molecular weight excluding hydrogens is 240 g/mol. The van der Waals surface area contributed by atoms with Gasteiger partial charge in [-0.2, -0.15) is 5.26 Å². The first-order chi connectivity index (χ1) is 9.05. The van der Waals surface area contributed by atoms with Crippen molar-refractivity contribution in [3.8, 4) is 11.8 Å². The molecule has 0 spiro atoms. The maximum absolute atomic E-state index is 11.9. The third-order valence-corrected chi connectivity index (χ3v) is 3.29. The predicted molar refractivity (Wildman–Crippen MR) is 73.7 cm³/mol. The van der Waals surface area contributed by atoms with Crippen LogP contribution in [0.2, 0.25) is 0 Å². The van der Waals surface area contributed by atoms with Crippen LogP contribution in [0.4, 0.5) is 0 Å². The van der Waals surface area contributed by atoms with Crippen LogP contribution in [0.1, 0.15) is 25.8 Å². The van der Waals surface area contributed by atoms with Crippen molar-refractivity contribution in [2.45, 2.75) is 26.7 Å². The number of nitrogens with zero attached hydrogens (tertiary/aromatic N) is 1. The third-order valence-electron chi connectivity index (χ3n) is 3.29. The van der Waals surface area contributed by atoms with Gasteiger partial charge >= 0.3 is 0 Å². The molecule has 0 saturated heterocycles. The van der Waals surface area contributed by atoms with E-state index in [1.807, 2.05) is 31.2 Å². The highest BCUT2D eigenvalue weighted by Gasteiger charge is 2.30. The van der Waals surface area contributed by atoms with Crippen LogP contribution in [0, 0.1) is 16.7 Å². The normalized spacial score (nSPS) is 13.2. The van der Waals surface area contributed by atoms with Gasteiger partial charge in [-0.3, -0.25) is 4.79 Å². The van der Waals surface area contributed by atoms with Crippen LogP contribution in [0.15, 0.2) is 24.3 Å². The van der Waals surface area contributed by atoms with E-state index in [-0.39, 0.29) is 5.91 Å². The van der Waals surface area contributed by atoms with Gasteiger partial charge in [-0.15, -0.1) is 0 Å². The number of nitrogens with one attached hydrogen (secondary N) is 1. The van der Waals surface area contributed by atoms with Crippen LogP contribution >= 0.6 is 0 Å². The molecule has 0 saturated carbocycles. The van der Waals surface area contributed by atoms with E-state index in [1.54, 1.807) is 14.0 Å². The second kappa shape index (κ2) is 6.79. The third kappa shape index (κ3) is 3.99. The Morgan fingerprint density at radius 2 is 2.26 bits per heavy atom. The number of nitriles is 1. The number of rotatable bonds is 6. The van der Waals surface area contributed by atoms with E-state index in [1.165, 1.54) is 0 Å². The molecule has 0 radical (unpaired) electrons. The fourth-order valence-corrected chi connectivity index (χ4v) is 1.63. The summed E-state index contributed by atoms with van der Waals surface area (Å²) in [7, 11) is 1.63. The summed E-state index contributed by atoms with van der Waals surface area (Å²) in [6.07, 6.45) is 1.22. The minimum atomic E-state index is -0.936. The summed E-state index contributed by atoms with van der Waals surface area (Å²) in [4.78, 5) is 11.9. The van der Waals surface area contributed by atoms with Crippen molar-refractivity contribution in [1.29, 1.82) is 5.26 Å². The summed E-state index contributed by atoms with van der Waals surface area (Å²) in [6, 6.07) is 9.79. The Morgan fingerprint density at radius 1 is 1.53 bits per heavy atom. The maximum atomic E-state index is 11.9. The number of benzene rings is 1. The number of hydrogen-bond acceptors (Lipinski definition) is 3. The lowest BCUT2D eigenvalue weighted by Crippen LogP contribution is -2.38. The summed E-state index contributed by atoms with van der Waals surface area (Å²) in [5.41, 5.74) is 0.156. The molecule has 4 heteroatoms. The highest BCUT2D eigenvalue weighted by molar-refractivity contribution is 5.84. The molecule has 0 aliphatic rings. The van der Waals surface area contributed by atoms with Gasteiger partial charge < -0.3 is 10.1 Å². The number of carbonyl (C=O) groups excluding carboxylic acids is 1. The number of hydrogen-bond donors (Lipinski definition) is 1. The van der Waals surface area contributed by atoms with Gasteiger partial charge in [-0.05, 0) is 37.5 Å². The Hall–Kier alpha value is -2.02. The van der Waals surface area contributed by atoms with Crippen molar-refractivity contribution >= 4 is 5.91 Å². The zero-order valence-electron chi connectivity index (χ0n) is 11.7. The molecule has 1 aromatic carbocycles. The minimum Gasteiger partial charge on any atom is -0.497 e. The molecule has 1 rings (SSSR count). The van der Waals surface area contributed by atoms with Gasteiger partial charge in [0.25, 0.3) is 0 Å². The van der Waals surface area contributed by atoms with Crippen LogP contribution in [0.3, 0.4) is 0 Å². The van der Waals surface area contributed by atoms with Crippen LogP contribution < -0.4 is 10.1 Å². The van der Waals surface area contributed by atoms with Crippen LogP contribution in [0.25, 0.3) is 0 Å². The van der Waals surface area contributed by atoms with Crippen LogP contribution in [-0.2, 0) is 11.2 Å². The molecule has 0 aliphatic heterocycles. The first-order valence-corrected chi connectivity index (χ1v) is 6.38. The molecule has 1 aromatic rings. The number of carbonyl (C=O) groups is 1. The van der Waals surface area contributed by atoms with E-state index in [0.717, 1.165) is 11.3 Å². The first-order valence-electron chi connectivity index (χ1n) is 6.38. The Labute approximate surface area is 114 Å². The Kier molecular flexibility index (Phi) is 5.37. The molecule has 1 unspecified atom stereocenters. The van der Waals surface area contributed by atoms with Crippen LogP contribution in [0.5, 0.6) is 5.75 Å². The summed E-state index contributed by atoms with van der Waals surface area (Å²) in [5, 5.41) is 11.8. The van der Waals surface area contributed by atoms with E-state index < -0.39 is 5.41 Å². The number of methoxy groups -OCH3 is 1. The topological polar surface area (TPSA) is 62.1 Å². The molecule has 19 heavy (non-hydrogen) atoms. The van der Waals surface area contributed by atoms with Gasteiger partial charge in [0.15, 0.2) is 0 Å². The van der Waals surface area contributed by atoms with Gasteiger partial charge in [0.05, 0.1) is 13.2 Å². The highest BCUT2D eigenvalue weighted by atomic mass is 16.5. The fraction of sp³-hybridized carbons (Fsp3) is 0.467. The molecular formula is C15H20N2O2. The molecule has 0 aromatic heterocycles. The second-order valence-corrected chi connectivity index (χ2v) is 4.65. The summed E-state index contributed by atoms with van der Waals surface area (Å²) < 4.78 is 5.14. The largest absolute Gasteiger partial charge is 0.497 e. The van der Waals surface area contributed by atoms with Gasteiger partial charge in [-0.1, -0.05) is 19.1 Å². The summed E-state index contributed by atoms with van der Waals surface area (Å²) in [5.74, 6) is 0.597. The smallest absolute Gasteiger partial charge is 0.240 e. The van der Waals surface area contributed by atoms with Crippen molar-refractivity contribution in [2.24, 2.45) is 5.41 Å². The van der Waals surface area contributed by atoms with Gasteiger partial charge in [0.2, 0.25) is 5.91 Å². The van der Waals surface area contributed by atoms with E-state index in [4.69, 9.17) is 10.00 Å². The Morgan fingerprint density at radius 3 is 2.84 bits per heavy atom. The average molecular weight is 260 g/mol. The Balaban J connectivity index is 2.50. The molecule has 0 heterocycles. The molecule has 1 amide bonds. The first kappa shape index (κ1) is 15.0. The maximum Gasteiger partial charge on any atom is 0.240 e. The zero-order valence-corrected chi connectivity index (χ0v) is 11.7. The standard InChI is InChI=1S/C15H20N2O2/c1-4-15(2,11-16)14(18)17-9-8-12-6-5-7-13(10-12)19-3/h5-7,10H,4,8-9H2,1-3H3,(H,17,18). The van der Waals surface area contributed by atoms with Crippen molar-refractivity contribution in [3.63, 3.8) is 0 Å². The molecule has 4 nitrogen and oxygen atoms in total. The monoisotopic (exact) mass is 260 g/mol. The number of ether oxygens (including phenoxy) is 1. The van der Waals surface area contributed by atoms with Crippen molar-refractivity contribution in [1.82, 2.24) is 5.32 Å².